The van der Waals surface area contributed by atoms with Crippen LogP contribution in [-0.4, -0.2) is 23.1 Å². The Labute approximate surface area is 101 Å². The third-order valence-corrected chi connectivity index (χ3v) is 3.40. The molecule has 1 saturated carbocycles. The molecule has 17 heavy (non-hydrogen) atoms. The van der Waals surface area contributed by atoms with Crippen LogP contribution in [0.4, 0.5) is 0 Å². The lowest BCUT2D eigenvalue weighted by atomic mass is 9.91. The summed E-state index contributed by atoms with van der Waals surface area (Å²) in [5, 5.41) is 6.77. The van der Waals surface area contributed by atoms with Gasteiger partial charge >= 0.3 is 0 Å². The van der Waals surface area contributed by atoms with Crippen molar-refractivity contribution in [2.24, 2.45) is 5.73 Å². The number of hydrogen-bond acceptors (Lipinski definition) is 4. The molecule has 94 valence electrons. The number of carbonyl (C=O) groups is 1. The summed E-state index contributed by atoms with van der Waals surface area (Å²) in [6.07, 6.45) is 4.21. The van der Waals surface area contributed by atoms with Crippen LogP contribution in [0.3, 0.4) is 0 Å². The molecule has 0 saturated heterocycles. The Hall–Kier alpha value is -1.36. The van der Waals surface area contributed by atoms with E-state index in [9.17, 15) is 4.79 Å². The Bertz CT molecular complexity index is 394. The minimum absolute atomic E-state index is 0.0631. The fraction of sp³-hybridized carbons (Fsp3) is 0.667. The van der Waals surface area contributed by atoms with Crippen molar-refractivity contribution in [1.82, 2.24) is 10.5 Å². The minimum atomic E-state index is -0.122. The average molecular weight is 237 g/mol. The molecule has 1 amide bonds. The van der Waals surface area contributed by atoms with Gasteiger partial charge in [0.2, 0.25) is 0 Å². The van der Waals surface area contributed by atoms with Crippen molar-refractivity contribution in [2.45, 2.75) is 51.6 Å². The molecular formula is C12H19N3O2. The lowest BCUT2D eigenvalue weighted by Crippen LogP contribution is -2.49. The number of carbonyl (C=O) groups excluding carboxylic acids is 1. The molecule has 0 aliphatic heterocycles. The largest absolute Gasteiger partial charge is 0.361 e. The van der Waals surface area contributed by atoms with Gasteiger partial charge < -0.3 is 15.6 Å². The van der Waals surface area contributed by atoms with Crippen LogP contribution in [0, 0.1) is 13.8 Å². The zero-order valence-electron chi connectivity index (χ0n) is 10.3. The summed E-state index contributed by atoms with van der Waals surface area (Å²) in [5.41, 5.74) is 7.18. The molecular weight excluding hydrogens is 218 g/mol. The molecule has 1 heterocycles. The second-order valence-electron chi connectivity index (χ2n) is 4.73. The van der Waals surface area contributed by atoms with E-state index in [1.165, 1.54) is 0 Å². The van der Waals surface area contributed by atoms with Crippen LogP contribution >= 0.6 is 0 Å². The second-order valence-corrected chi connectivity index (χ2v) is 4.73. The first-order chi connectivity index (χ1) is 8.09. The van der Waals surface area contributed by atoms with Crippen LogP contribution in [0.2, 0.25) is 0 Å². The minimum Gasteiger partial charge on any atom is -0.361 e. The maximum Gasteiger partial charge on any atom is 0.257 e. The third kappa shape index (κ3) is 2.49. The van der Waals surface area contributed by atoms with Gasteiger partial charge in [-0.2, -0.15) is 0 Å². The molecule has 3 N–H and O–H groups in total. The average Bonchev–Trinajstić information content (AvgIpc) is 2.62. The zero-order chi connectivity index (χ0) is 12.4. The molecule has 5 heteroatoms. The molecule has 2 rings (SSSR count). The highest BCUT2D eigenvalue weighted by Gasteiger charge is 2.26. The van der Waals surface area contributed by atoms with E-state index in [1.807, 2.05) is 0 Å². The fourth-order valence-electron chi connectivity index (χ4n) is 2.39. The van der Waals surface area contributed by atoms with Gasteiger partial charge in [-0.15, -0.1) is 0 Å². The Kier molecular flexibility index (Phi) is 3.47. The van der Waals surface area contributed by atoms with E-state index in [0.717, 1.165) is 25.7 Å². The molecule has 0 spiro atoms. The van der Waals surface area contributed by atoms with Gasteiger partial charge in [-0.25, -0.2) is 0 Å². The van der Waals surface area contributed by atoms with Crippen molar-refractivity contribution in [1.29, 1.82) is 0 Å². The molecule has 0 aromatic carbocycles. The maximum atomic E-state index is 12.1. The van der Waals surface area contributed by atoms with Crippen molar-refractivity contribution in [3.8, 4) is 0 Å². The number of hydrogen-bond donors (Lipinski definition) is 2. The first-order valence-corrected chi connectivity index (χ1v) is 6.09. The summed E-state index contributed by atoms with van der Waals surface area (Å²) in [7, 11) is 0. The number of rotatable bonds is 2. The van der Waals surface area contributed by atoms with Gasteiger partial charge in [0.1, 0.15) is 11.3 Å². The van der Waals surface area contributed by atoms with E-state index < -0.39 is 0 Å². The number of nitrogens with zero attached hydrogens (tertiary/aromatic N) is 1. The van der Waals surface area contributed by atoms with E-state index in [2.05, 4.69) is 10.5 Å². The molecule has 2 unspecified atom stereocenters. The van der Waals surface area contributed by atoms with E-state index in [0.29, 0.717) is 17.0 Å². The van der Waals surface area contributed by atoms with Crippen LogP contribution in [0.25, 0.3) is 0 Å². The third-order valence-electron chi connectivity index (χ3n) is 3.40. The van der Waals surface area contributed by atoms with Gasteiger partial charge in [-0.3, -0.25) is 4.79 Å². The number of amides is 1. The van der Waals surface area contributed by atoms with Gasteiger partial charge in [0.25, 0.3) is 5.91 Å². The van der Waals surface area contributed by atoms with E-state index in [1.54, 1.807) is 13.8 Å². The molecule has 0 radical (unpaired) electrons. The SMILES string of the molecule is Cc1noc(C)c1C(=O)NC1CCCCC1N. The smallest absolute Gasteiger partial charge is 0.257 e. The van der Waals surface area contributed by atoms with Crippen molar-refractivity contribution in [2.75, 3.05) is 0 Å². The monoisotopic (exact) mass is 237 g/mol. The Balaban J connectivity index is 2.06. The van der Waals surface area contributed by atoms with Crippen LogP contribution in [0.1, 0.15) is 47.5 Å². The number of nitrogens with two attached hydrogens (primary N) is 1. The van der Waals surface area contributed by atoms with Gasteiger partial charge in [0.05, 0.1) is 5.69 Å². The molecule has 1 fully saturated rings. The van der Waals surface area contributed by atoms with Gasteiger partial charge in [0, 0.05) is 12.1 Å². The summed E-state index contributed by atoms with van der Waals surface area (Å²) >= 11 is 0. The normalized spacial score (nSPS) is 24.6. The number of aromatic nitrogens is 1. The molecule has 5 nitrogen and oxygen atoms in total. The van der Waals surface area contributed by atoms with Crippen molar-refractivity contribution in [3.05, 3.63) is 17.0 Å². The summed E-state index contributed by atoms with van der Waals surface area (Å²) in [5.74, 6) is 0.438. The number of nitrogens with one attached hydrogen (secondary N) is 1. The quantitative estimate of drug-likeness (QED) is 0.812. The van der Waals surface area contributed by atoms with E-state index in [-0.39, 0.29) is 18.0 Å². The van der Waals surface area contributed by atoms with Gasteiger partial charge in [-0.1, -0.05) is 18.0 Å². The summed E-state index contributed by atoms with van der Waals surface area (Å²) in [6.45, 7) is 3.52. The maximum absolute atomic E-state index is 12.1. The van der Waals surface area contributed by atoms with E-state index in [4.69, 9.17) is 10.3 Å². The highest BCUT2D eigenvalue weighted by Crippen LogP contribution is 2.18. The lowest BCUT2D eigenvalue weighted by molar-refractivity contribution is 0.0919. The van der Waals surface area contributed by atoms with Crippen molar-refractivity contribution >= 4 is 5.91 Å². The molecule has 0 bridgehead atoms. The molecule has 1 aliphatic carbocycles. The first kappa shape index (κ1) is 12.1. The predicted molar refractivity (Wildman–Crippen MR) is 63.7 cm³/mol. The summed E-state index contributed by atoms with van der Waals surface area (Å²) < 4.78 is 4.99. The second kappa shape index (κ2) is 4.87. The van der Waals surface area contributed by atoms with Crippen LogP contribution in [-0.2, 0) is 0 Å². The Morgan fingerprint density at radius 2 is 2.12 bits per heavy atom. The van der Waals surface area contributed by atoms with Crippen LogP contribution < -0.4 is 11.1 Å². The molecule has 2 atom stereocenters. The van der Waals surface area contributed by atoms with Crippen molar-refractivity contribution in [3.63, 3.8) is 0 Å². The van der Waals surface area contributed by atoms with E-state index >= 15 is 0 Å². The van der Waals surface area contributed by atoms with Gasteiger partial charge in [-0.05, 0) is 26.7 Å². The molecule has 1 aromatic heterocycles. The Morgan fingerprint density at radius 3 is 2.71 bits per heavy atom. The van der Waals surface area contributed by atoms with Crippen LogP contribution in [0.15, 0.2) is 4.52 Å². The lowest BCUT2D eigenvalue weighted by Gasteiger charge is -2.29. The Morgan fingerprint density at radius 1 is 1.41 bits per heavy atom. The van der Waals surface area contributed by atoms with Gasteiger partial charge in [0.15, 0.2) is 0 Å². The number of aryl methyl sites for hydroxylation is 2. The first-order valence-electron chi connectivity index (χ1n) is 6.09. The molecule has 1 aromatic rings. The zero-order valence-corrected chi connectivity index (χ0v) is 10.3. The van der Waals surface area contributed by atoms with Crippen molar-refractivity contribution < 1.29 is 9.32 Å². The highest BCUT2D eigenvalue weighted by atomic mass is 16.5. The fourth-order valence-corrected chi connectivity index (χ4v) is 2.39. The standard InChI is InChI=1S/C12H19N3O2/c1-7-11(8(2)17-15-7)12(16)14-10-6-4-3-5-9(10)13/h9-10H,3-6,13H2,1-2H3,(H,14,16). The summed E-state index contributed by atoms with van der Waals surface area (Å²) in [6, 6.07) is 0.137. The highest BCUT2D eigenvalue weighted by molar-refractivity contribution is 5.96. The summed E-state index contributed by atoms with van der Waals surface area (Å²) in [4.78, 5) is 12.1. The topological polar surface area (TPSA) is 81.2 Å². The molecule has 1 aliphatic rings. The van der Waals surface area contributed by atoms with Crippen LogP contribution in [0.5, 0.6) is 0 Å². The predicted octanol–water partition coefficient (Wildman–Crippen LogP) is 1.29.